The summed E-state index contributed by atoms with van der Waals surface area (Å²) in [7, 11) is 3.66. The standard InChI is InChI=1S/C19H22ClN3O/c1-13-15(19(20)23(3)21-13)11-12-18(24)22(2)17-10-6-8-14-7-4-5-9-16(14)17/h4-5,7,9,11-12,17H,6,8,10H2,1-3H3/b12-11+/t17-/m1/s1. The Kier molecular flexibility index (Phi) is 4.76. The van der Waals surface area contributed by atoms with Crippen molar-refractivity contribution >= 4 is 23.6 Å². The van der Waals surface area contributed by atoms with Gasteiger partial charge in [0.25, 0.3) is 0 Å². The van der Waals surface area contributed by atoms with Crippen LogP contribution in [0.3, 0.4) is 0 Å². The lowest BCUT2D eigenvalue weighted by molar-refractivity contribution is -0.127. The van der Waals surface area contributed by atoms with Gasteiger partial charge in [-0.15, -0.1) is 0 Å². The highest BCUT2D eigenvalue weighted by Crippen LogP contribution is 2.33. The molecule has 1 aliphatic carbocycles. The molecule has 1 aromatic heterocycles. The highest BCUT2D eigenvalue weighted by atomic mass is 35.5. The number of hydrogen-bond donors (Lipinski definition) is 0. The summed E-state index contributed by atoms with van der Waals surface area (Å²) in [5, 5.41) is 4.81. The molecular weight excluding hydrogens is 322 g/mol. The molecule has 0 aliphatic heterocycles. The van der Waals surface area contributed by atoms with Gasteiger partial charge in [0.1, 0.15) is 5.15 Å². The van der Waals surface area contributed by atoms with Gasteiger partial charge in [-0.3, -0.25) is 9.48 Å². The Morgan fingerprint density at radius 1 is 1.42 bits per heavy atom. The van der Waals surface area contributed by atoms with Gasteiger partial charge >= 0.3 is 0 Å². The first-order valence-corrected chi connectivity index (χ1v) is 8.58. The highest BCUT2D eigenvalue weighted by Gasteiger charge is 2.25. The molecule has 24 heavy (non-hydrogen) atoms. The second kappa shape index (κ2) is 6.81. The van der Waals surface area contributed by atoms with Gasteiger partial charge < -0.3 is 4.90 Å². The quantitative estimate of drug-likeness (QED) is 0.792. The molecule has 126 valence electrons. The van der Waals surface area contributed by atoms with E-state index in [1.807, 2.05) is 24.9 Å². The van der Waals surface area contributed by atoms with Crippen molar-refractivity contribution in [2.24, 2.45) is 7.05 Å². The number of likely N-dealkylation sites (N-methyl/N-ethyl adjacent to an activating group) is 1. The molecule has 1 atom stereocenters. The molecule has 1 aromatic carbocycles. The van der Waals surface area contributed by atoms with E-state index in [-0.39, 0.29) is 11.9 Å². The van der Waals surface area contributed by atoms with Gasteiger partial charge in [-0.25, -0.2) is 0 Å². The van der Waals surface area contributed by atoms with Crippen LogP contribution in [0.1, 0.15) is 41.3 Å². The van der Waals surface area contributed by atoms with E-state index in [0.29, 0.717) is 5.15 Å². The Morgan fingerprint density at radius 2 is 2.17 bits per heavy atom. The Morgan fingerprint density at radius 3 is 2.88 bits per heavy atom. The van der Waals surface area contributed by atoms with Crippen molar-refractivity contribution in [3.05, 3.63) is 57.9 Å². The summed E-state index contributed by atoms with van der Waals surface area (Å²) in [6.07, 6.45) is 6.55. The molecule has 0 fully saturated rings. The Bertz CT molecular complexity index is 794. The topological polar surface area (TPSA) is 38.1 Å². The first-order valence-electron chi connectivity index (χ1n) is 8.21. The lowest BCUT2D eigenvalue weighted by atomic mass is 9.87. The van der Waals surface area contributed by atoms with E-state index in [1.54, 1.807) is 23.9 Å². The number of rotatable bonds is 3. The molecule has 0 radical (unpaired) electrons. The first kappa shape index (κ1) is 16.8. The molecule has 4 nitrogen and oxygen atoms in total. The van der Waals surface area contributed by atoms with E-state index < -0.39 is 0 Å². The number of carbonyl (C=O) groups excluding carboxylic acids is 1. The van der Waals surface area contributed by atoms with Crippen molar-refractivity contribution in [1.82, 2.24) is 14.7 Å². The van der Waals surface area contributed by atoms with Crippen LogP contribution in [-0.4, -0.2) is 27.6 Å². The van der Waals surface area contributed by atoms with Crippen LogP contribution in [0.4, 0.5) is 0 Å². The van der Waals surface area contributed by atoms with Crippen molar-refractivity contribution in [1.29, 1.82) is 0 Å². The Hall–Kier alpha value is -2.07. The van der Waals surface area contributed by atoms with Gasteiger partial charge in [0.05, 0.1) is 11.7 Å². The van der Waals surface area contributed by atoms with Gasteiger partial charge in [-0.05, 0) is 43.4 Å². The maximum Gasteiger partial charge on any atom is 0.246 e. The molecule has 1 amide bonds. The lowest BCUT2D eigenvalue weighted by Crippen LogP contribution is -2.32. The van der Waals surface area contributed by atoms with Crippen LogP contribution in [0, 0.1) is 6.92 Å². The van der Waals surface area contributed by atoms with Crippen LogP contribution in [0.2, 0.25) is 5.15 Å². The van der Waals surface area contributed by atoms with E-state index in [2.05, 4.69) is 23.3 Å². The molecule has 1 heterocycles. The number of amides is 1. The fraction of sp³-hybridized carbons (Fsp3) is 0.368. The number of aromatic nitrogens is 2. The average molecular weight is 344 g/mol. The summed E-state index contributed by atoms with van der Waals surface area (Å²) >= 11 is 6.22. The molecule has 0 saturated heterocycles. The van der Waals surface area contributed by atoms with Crippen LogP contribution in [0.25, 0.3) is 6.08 Å². The van der Waals surface area contributed by atoms with E-state index in [1.165, 1.54) is 11.1 Å². The number of carbonyl (C=O) groups is 1. The van der Waals surface area contributed by atoms with Crippen LogP contribution >= 0.6 is 11.6 Å². The smallest absolute Gasteiger partial charge is 0.246 e. The fourth-order valence-corrected chi connectivity index (χ4v) is 3.63. The zero-order valence-electron chi connectivity index (χ0n) is 14.3. The second-order valence-electron chi connectivity index (χ2n) is 6.30. The van der Waals surface area contributed by atoms with Gasteiger partial charge in [-0.2, -0.15) is 5.10 Å². The van der Waals surface area contributed by atoms with Crippen molar-refractivity contribution in [2.45, 2.75) is 32.2 Å². The van der Waals surface area contributed by atoms with Crippen molar-refractivity contribution in [3.63, 3.8) is 0 Å². The summed E-state index contributed by atoms with van der Waals surface area (Å²) in [5.41, 5.74) is 4.23. The number of halogens is 1. The lowest BCUT2D eigenvalue weighted by Gasteiger charge is -2.32. The fourth-order valence-electron chi connectivity index (χ4n) is 3.39. The minimum absolute atomic E-state index is 0.0176. The third-order valence-corrected chi connectivity index (χ3v) is 5.19. The van der Waals surface area contributed by atoms with Gasteiger partial charge in [0.15, 0.2) is 0 Å². The first-order chi connectivity index (χ1) is 11.5. The minimum atomic E-state index is -0.0176. The van der Waals surface area contributed by atoms with E-state index in [4.69, 9.17) is 11.6 Å². The predicted molar refractivity (Wildman–Crippen MR) is 96.9 cm³/mol. The van der Waals surface area contributed by atoms with Crippen LogP contribution < -0.4 is 0 Å². The molecule has 1 aliphatic rings. The number of aryl methyl sites for hydroxylation is 3. The highest BCUT2D eigenvalue weighted by molar-refractivity contribution is 6.31. The molecule has 0 unspecified atom stereocenters. The van der Waals surface area contributed by atoms with Crippen molar-refractivity contribution in [3.8, 4) is 0 Å². The number of benzene rings is 1. The van der Waals surface area contributed by atoms with Crippen LogP contribution in [-0.2, 0) is 18.3 Å². The number of fused-ring (bicyclic) bond motifs is 1. The van der Waals surface area contributed by atoms with Gasteiger partial charge in [-0.1, -0.05) is 35.9 Å². The third-order valence-electron chi connectivity index (χ3n) is 4.74. The molecule has 0 saturated carbocycles. The van der Waals surface area contributed by atoms with E-state index in [9.17, 15) is 4.79 Å². The van der Waals surface area contributed by atoms with E-state index >= 15 is 0 Å². The average Bonchev–Trinajstić information content (AvgIpc) is 2.83. The molecule has 0 N–H and O–H groups in total. The molecule has 0 spiro atoms. The predicted octanol–water partition coefficient (Wildman–Crippen LogP) is 3.93. The van der Waals surface area contributed by atoms with Crippen LogP contribution in [0.15, 0.2) is 30.3 Å². The molecule has 2 aromatic rings. The number of nitrogens with zero attached hydrogens (tertiary/aromatic N) is 3. The van der Waals surface area contributed by atoms with Gasteiger partial charge in [0, 0.05) is 25.7 Å². The van der Waals surface area contributed by atoms with Crippen molar-refractivity contribution < 1.29 is 4.79 Å². The monoisotopic (exact) mass is 343 g/mol. The minimum Gasteiger partial charge on any atom is -0.335 e. The summed E-state index contributed by atoms with van der Waals surface area (Å²) in [4.78, 5) is 14.5. The van der Waals surface area contributed by atoms with Gasteiger partial charge in [0.2, 0.25) is 5.91 Å². The summed E-state index contributed by atoms with van der Waals surface area (Å²) in [6, 6.07) is 8.54. The molecule has 5 heteroatoms. The molecule has 3 rings (SSSR count). The second-order valence-corrected chi connectivity index (χ2v) is 6.66. The maximum absolute atomic E-state index is 12.6. The normalized spacial score (nSPS) is 17.1. The van der Waals surface area contributed by atoms with Crippen molar-refractivity contribution in [2.75, 3.05) is 7.05 Å². The summed E-state index contributed by atoms with van der Waals surface area (Å²) < 4.78 is 1.61. The Labute approximate surface area is 147 Å². The SMILES string of the molecule is Cc1nn(C)c(Cl)c1/C=C/C(=O)N(C)[C@@H]1CCCc2ccccc21. The zero-order chi connectivity index (χ0) is 17.3. The maximum atomic E-state index is 12.6. The molecule has 0 bridgehead atoms. The third kappa shape index (κ3) is 3.11. The Balaban J connectivity index is 1.80. The zero-order valence-corrected chi connectivity index (χ0v) is 15.0. The largest absolute Gasteiger partial charge is 0.335 e. The van der Waals surface area contributed by atoms with Crippen LogP contribution in [0.5, 0.6) is 0 Å². The van der Waals surface area contributed by atoms with E-state index in [0.717, 1.165) is 30.5 Å². The summed E-state index contributed by atoms with van der Waals surface area (Å²) in [6.45, 7) is 1.89. The molecular formula is C19H22ClN3O. The number of hydrogen-bond acceptors (Lipinski definition) is 2. The summed E-state index contributed by atoms with van der Waals surface area (Å²) in [5.74, 6) is -0.0176.